The molecule has 3 heterocycles. The van der Waals surface area contributed by atoms with Crippen LogP contribution in [0.1, 0.15) is 61.6 Å². The van der Waals surface area contributed by atoms with E-state index < -0.39 is 0 Å². The lowest BCUT2D eigenvalue weighted by atomic mass is 9.92. The number of H-pyrrole nitrogens is 1. The quantitative estimate of drug-likeness (QED) is 0.583. The highest BCUT2D eigenvalue weighted by molar-refractivity contribution is 5.75. The van der Waals surface area contributed by atoms with Crippen LogP contribution in [0.2, 0.25) is 0 Å². The molecule has 0 unspecified atom stereocenters. The van der Waals surface area contributed by atoms with Crippen molar-refractivity contribution in [2.45, 2.75) is 50.4 Å². The van der Waals surface area contributed by atoms with Crippen molar-refractivity contribution in [3.63, 3.8) is 0 Å². The molecule has 1 aromatic carbocycles. The second-order valence-corrected chi connectivity index (χ2v) is 7.95. The molecule has 0 radical (unpaired) electrons. The van der Waals surface area contributed by atoms with E-state index in [1.807, 2.05) is 12.3 Å². The number of rotatable bonds is 4. The molecule has 0 aliphatic heterocycles. The lowest BCUT2D eigenvalue weighted by molar-refractivity contribution is 0.723. The van der Waals surface area contributed by atoms with Crippen molar-refractivity contribution < 1.29 is 0 Å². The molecule has 0 spiro atoms. The van der Waals surface area contributed by atoms with Gasteiger partial charge >= 0.3 is 0 Å². The average Bonchev–Trinajstić information content (AvgIpc) is 3.17. The monoisotopic (exact) mass is 371 g/mol. The van der Waals surface area contributed by atoms with E-state index >= 15 is 0 Å². The predicted octanol–water partition coefficient (Wildman–Crippen LogP) is 4.14. The number of nitrogens with zero attached hydrogens (tertiary/aromatic N) is 6. The fourth-order valence-corrected chi connectivity index (χ4v) is 4.45. The van der Waals surface area contributed by atoms with Crippen LogP contribution in [-0.2, 0) is 0 Å². The molecule has 2 saturated carbocycles. The zero-order valence-electron chi connectivity index (χ0n) is 15.5. The summed E-state index contributed by atoms with van der Waals surface area (Å²) in [4.78, 5) is 9.56. The predicted molar refractivity (Wildman–Crippen MR) is 105 cm³/mol. The largest absolute Gasteiger partial charge is 0.300 e. The second-order valence-electron chi connectivity index (χ2n) is 7.95. The van der Waals surface area contributed by atoms with Gasteiger partial charge in [-0.1, -0.05) is 12.8 Å². The molecule has 0 bridgehead atoms. The highest BCUT2D eigenvalue weighted by atomic mass is 15.5. The molecule has 0 atom stereocenters. The maximum Gasteiger partial charge on any atom is 0.204 e. The number of aromatic amines is 1. The van der Waals surface area contributed by atoms with Gasteiger partial charge < -0.3 is 0 Å². The minimum Gasteiger partial charge on any atom is -0.300 e. The summed E-state index contributed by atoms with van der Waals surface area (Å²) in [5.41, 5.74) is 6.50. The average molecular weight is 371 g/mol. The summed E-state index contributed by atoms with van der Waals surface area (Å²) in [5.74, 6) is 1.81. The fourth-order valence-electron chi connectivity index (χ4n) is 4.45. The molecule has 7 heteroatoms. The van der Waals surface area contributed by atoms with Crippen molar-refractivity contribution in [3.05, 3.63) is 47.9 Å². The maximum atomic E-state index is 4.93. The van der Waals surface area contributed by atoms with Gasteiger partial charge in [0.25, 0.3) is 0 Å². The standard InChI is InChI=1S/C21H21N7/c1-2-4-13(3-1)17-11-15(7-8-16(17)20-24-26-27-25-20)28-10-9-18-21(28)23-19(12-22-18)14-5-6-14/h7-14H,1-6H2,(H,24,25,26,27). The fraction of sp³-hybridized carbons (Fsp3) is 0.381. The lowest BCUT2D eigenvalue weighted by Gasteiger charge is -2.16. The van der Waals surface area contributed by atoms with E-state index in [1.165, 1.54) is 44.1 Å². The number of nitrogens with one attached hydrogen (secondary N) is 1. The molecule has 4 aromatic rings. The normalized spacial score (nSPS) is 17.6. The summed E-state index contributed by atoms with van der Waals surface area (Å²) in [6, 6.07) is 8.57. The summed E-state index contributed by atoms with van der Waals surface area (Å²) >= 11 is 0. The van der Waals surface area contributed by atoms with Crippen LogP contribution in [0.25, 0.3) is 28.2 Å². The highest BCUT2D eigenvalue weighted by Gasteiger charge is 2.26. The van der Waals surface area contributed by atoms with Crippen molar-refractivity contribution in [2.24, 2.45) is 0 Å². The Morgan fingerprint density at radius 3 is 2.68 bits per heavy atom. The Balaban J connectivity index is 1.49. The van der Waals surface area contributed by atoms with Crippen molar-refractivity contribution in [1.29, 1.82) is 0 Å². The van der Waals surface area contributed by atoms with Gasteiger partial charge in [-0.25, -0.2) is 4.98 Å². The minimum atomic E-state index is 0.545. The highest BCUT2D eigenvalue weighted by Crippen LogP contribution is 2.40. The third-order valence-electron chi connectivity index (χ3n) is 6.10. The molecular weight excluding hydrogens is 350 g/mol. The van der Waals surface area contributed by atoms with Crippen LogP contribution in [0.15, 0.2) is 36.7 Å². The van der Waals surface area contributed by atoms with Gasteiger partial charge in [0.2, 0.25) is 5.82 Å². The molecule has 1 N–H and O–H groups in total. The van der Waals surface area contributed by atoms with E-state index in [1.54, 1.807) is 0 Å². The van der Waals surface area contributed by atoms with Gasteiger partial charge in [0.05, 0.1) is 5.69 Å². The van der Waals surface area contributed by atoms with Gasteiger partial charge in [-0.2, -0.15) is 5.21 Å². The summed E-state index contributed by atoms with van der Waals surface area (Å²) in [7, 11) is 0. The summed E-state index contributed by atoms with van der Waals surface area (Å²) in [6.45, 7) is 0. The van der Waals surface area contributed by atoms with E-state index in [2.05, 4.69) is 54.6 Å². The van der Waals surface area contributed by atoms with Crippen molar-refractivity contribution in [3.8, 4) is 17.1 Å². The molecule has 2 aliphatic rings. The molecule has 6 rings (SSSR count). The Labute approximate surface area is 162 Å². The topological polar surface area (TPSA) is 85.2 Å². The van der Waals surface area contributed by atoms with Crippen LogP contribution in [-0.4, -0.2) is 35.2 Å². The van der Waals surface area contributed by atoms with E-state index in [0.717, 1.165) is 28.1 Å². The van der Waals surface area contributed by atoms with Crippen LogP contribution in [0.4, 0.5) is 0 Å². The molecule has 3 aromatic heterocycles. The molecule has 0 amide bonds. The maximum absolute atomic E-state index is 4.93. The van der Waals surface area contributed by atoms with Crippen LogP contribution >= 0.6 is 0 Å². The number of aromatic nitrogens is 7. The van der Waals surface area contributed by atoms with Crippen LogP contribution in [0.5, 0.6) is 0 Å². The molecule has 140 valence electrons. The lowest BCUT2D eigenvalue weighted by Crippen LogP contribution is -2.02. The first-order valence-electron chi connectivity index (χ1n) is 10.1. The van der Waals surface area contributed by atoms with Gasteiger partial charge in [0.1, 0.15) is 5.52 Å². The molecule has 28 heavy (non-hydrogen) atoms. The smallest absolute Gasteiger partial charge is 0.204 e. The first-order valence-corrected chi connectivity index (χ1v) is 10.1. The van der Waals surface area contributed by atoms with Crippen LogP contribution in [0, 0.1) is 0 Å². The first-order chi connectivity index (χ1) is 13.9. The Morgan fingerprint density at radius 2 is 1.89 bits per heavy atom. The molecular formula is C21H21N7. The molecule has 0 saturated heterocycles. The SMILES string of the molecule is c1cc(-c2nn[nH]n2)c(C2CCCC2)cc1-n1ccc2ncc(C3CC3)nc21. The zero-order valence-corrected chi connectivity index (χ0v) is 15.5. The summed E-state index contributed by atoms with van der Waals surface area (Å²) < 4.78 is 2.16. The number of hydrogen-bond acceptors (Lipinski definition) is 5. The van der Waals surface area contributed by atoms with Gasteiger partial charge in [-0.15, -0.1) is 10.2 Å². The number of tetrazole rings is 1. The van der Waals surface area contributed by atoms with Crippen LogP contribution in [0.3, 0.4) is 0 Å². The first kappa shape index (κ1) is 15.9. The molecule has 2 aliphatic carbocycles. The van der Waals surface area contributed by atoms with Gasteiger partial charge in [0.15, 0.2) is 5.65 Å². The van der Waals surface area contributed by atoms with Crippen LogP contribution < -0.4 is 0 Å². The Bertz CT molecular complexity index is 1130. The van der Waals surface area contributed by atoms with E-state index in [0.29, 0.717) is 17.7 Å². The summed E-state index contributed by atoms with van der Waals surface area (Å²) in [6.07, 6.45) is 11.5. The third-order valence-corrected chi connectivity index (χ3v) is 6.10. The number of fused-ring (bicyclic) bond motifs is 1. The molecule has 2 fully saturated rings. The van der Waals surface area contributed by atoms with E-state index in [9.17, 15) is 0 Å². The third kappa shape index (κ3) is 2.61. The van der Waals surface area contributed by atoms with Crippen molar-refractivity contribution in [1.82, 2.24) is 35.2 Å². The zero-order chi connectivity index (χ0) is 18.5. The van der Waals surface area contributed by atoms with Gasteiger partial charge in [0, 0.05) is 29.6 Å². The molecule has 7 nitrogen and oxygen atoms in total. The number of benzene rings is 1. The second kappa shape index (κ2) is 6.22. The Kier molecular flexibility index (Phi) is 3.54. The number of hydrogen-bond donors (Lipinski definition) is 1. The van der Waals surface area contributed by atoms with Gasteiger partial charge in [-0.3, -0.25) is 9.55 Å². The summed E-state index contributed by atoms with van der Waals surface area (Å²) in [5, 5.41) is 14.8. The van der Waals surface area contributed by atoms with Crippen molar-refractivity contribution in [2.75, 3.05) is 0 Å². The Morgan fingerprint density at radius 1 is 1.00 bits per heavy atom. The van der Waals surface area contributed by atoms with E-state index in [-0.39, 0.29) is 0 Å². The van der Waals surface area contributed by atoms with Gasteiger partial charge in [-0.05, 0) is 66.6 Å². The Hall–Kier alpha value is -3.09. The van der Waals surface area contributed by atoms with Crippen molar-refractivity contribution >= 4 is 11.2 Å². The minimum absolute atomic E-state index is 0.545. The van der Waals surface area contributed by atoms with E-state index in [4.69, 9.17) is 4.98 Å².